The van der Waals surface area contributed by atoms with Gasteiger partial charge in [0.25, 0.3) is 0 Å². The molecule has 1 aliphatic carbocycles. The van der Waals surface area contributed by atoms with Crippen molar-refractivity contribution in [1.29, 1.82) is 0 Å². The van der Waals surface area contributed by atoms with Gasteiger partial charge < -0.3 is 9.80 Å². The molecule has 5 rings (SSSR count). The van der Waals surface area contributed by atoms with E-state index >= 15 is 0 Å². The fourth-order valence-corrected chi connectivity index (χ4v) is 6.17. The summed E-state index contributed by atoms with van der Waals surface area (Å²) in [6.45, 7) is 2.82. The topological polar surface area (TPSA) is 78.0 Å². The number of carbonyl (C=O) groups is 2. The van der Waals surface area contributed by atoms with Gasteiger partial charge in [0.05, 0.1) is 11.4 Å². The largest absolute Gasteiger partial charge is 0.337 e. The third-order valence-corrected chi connectivity index (χ3v) is 9.00. The Morgan fingerprint density at radius 3 is 2.49 bits per heavy atom. The van der Waals surface area contributed by atoms with E-state index in [-0.39, 0.29) is 35.2 Å². The van der Waals surface area contributed by atoms with Crippen molar-refractivity contribution in [2.75, 3.05) is 31.6 Å². The van der Waals surface area contributed by atoms with Crippen LogP contribution in [-0.4, -0.2) is 62.2 Å². The smallest absolute Gasteiger partial charge is 0.243 e. The van der Waals surface area contributed by atoms with Gasteiger partial charge in [-0.3, -0.25) is 9.59 Å². The Morgan fingerprint density at radius 1 is 1.09 bits per heavy atom. The molecule has 8 heteroatoms. The van der Waals surface area contributed by atoms with Crippen LogP contribution in [0.3, 0.4) is 0 Å². The first kappa shape index (κ1) is 23.8. The highest BCUT2D eigenvalue weighted by Gasteiger charge is 2.40. The lowest BCUT2D eigenvalue weighted by Crippen LogP contribution is -2.42. The van der Waals surface area contributed by atoms with Crippen LogP contribution in [0, 0.1) is 5.92 Å². The number of fused-ring (bicyclic) bond motifs is 1. The Kier molecular flexibility index (Phi) is 6.27. The molecule has 1 atom stereocenters. The Labute approximate surface area is 207 Å². The molecule has 184 valence electrons. The van der Waals surface area contributed by atoms with Gasteiger partial charge in [0, 0.05) is 37.8 Å². The van der Waals surface area contributed by atoms with Crippen LogP contribution >= 0.6 is 0 Å². The highest BCUT2D eigenvalue weighted by molar-refractivity contribution is 7.89. The van der Waals surface area contributed by atoms with Gasteiger partial charge >= 0.3 is 0 Å². The van der Waals surface area contributed by atoms with Crippen LogP contribution in [0.2, 0.25) is 0 Å². The summed E-state index contributed by atoms with van der Waals surface area (Å²) >= 11 is 0. The molecular weight excluding hydrogens is 462 g/mol. The minimum atomic E-state index is -3.84. The van der Waals surface area contributed by atoms with Gasteiger partial charge in [0.1, 0.15) is 0 Å². The monoisotopic (exact) mass is 493 g/mol. The standard InChI is InChI=1S/C27H31N3O4S/c1-19-16-23-17-24(10-11-25(23)30(19)27(32)22-8-9-22)35(33,34)28(2)18-26(31)29-14-12-21(13-15-29)20-6-4-3-5-7-20/h3-7,10-12,17,19,22H,8-9,13-16,18H2,1-2H3. The number of hydrogen-bond donors (Lipinski definition) is 0. The highest BCUT2D eigenvalue weighted by Crippen LogP contribution is 2.39. The molecule has 1 unspecified atom stereocenters. The van der Waals surface area contributed by atoms with Crippen molar-refractivity contribution in [3.05, 3.63) is 65.7 Å². The summed E-state index contributed by atoms with van der Waals surface area (Å²) in [5.41, 5.74) is 4.03. The zero-order chi connectivity index (χ0) is 24.7. The van der Waals surface area contributed by atoms with Crippen LogP contribution < -0.4 is 4.90 Å². The number of carbonyl (C=O) groups excluding carboxylic acids is 2. The van der Waals surface area contributed by atoms with Gasteiger partial charge in [-0.2, -0.15) is 4.31 Å². The Balaban J connectivity index is 1.26. The number of anilines is 1. The molecule has 35 heavy (non-hydrogen) atoms. The number of amides is 2. The summed E-state index contributed by atoms with van der Waals surface area (Å²) in [6.07, 6.45) is 5.28. The van der Waals surface area contributed by atoms with Gasteiger partial charge in [0.15, 0.2) is 0 Å². The number of likely N-dealkylation sites (N-methyl/N-ethyl adjacent to an activating group) is 1. The summed E-state index contributed by atoms with van der Waals surface area (Å²) < 4.78 is 27.7. The van der Waals surface area contributed by atoms with Crippen LogP contribution in [0.4, 0.5) is 5.69 Å². The normalized spacial score (nSPS) is 20.1. The summed E-state index contributed by atoms with van der Waals surface area (Å²) in [5, 5.41) is 0. The molecule has 1 fully saturated rings. The van der Waals surface area contributed by atoms with Crippen LogP contribution in [-0.2, 0) is 26.0 Å². The molecule has 0 bridgehead atoms. The predicted octanol–water partition coefficient (Wildman–Crippen LogP) is 3.31. The molecular formula is C27H31N3O4S. The van der Waals surface area contributed by atoms with Crippen LogP contribution in [0.25, 0.3) is 5.57 Å². The predicted molar refractivity (Wildman–Crippen MR) is 135 cm³/mol. The van der Waals surface area contributed by atoms with E-state index in [2.05, 4.69) is 12.1 Å². The van der Waals surface area contributed by atoms with Crippen molar-refractivity contribution < 1.29 is 18.0 Å². The van der Waals surface area contributed by atoms with E-state index in [9.17, 15) is 18.0 Å². The highest BCUT2D eigenvalue weighted by atomic mass is 32.2. The molecule has 0 saturated heterocycles. The molecule has 0 aromatic heterocycles. The van der Waals surface area contributed by atoms with Crippen molar-refractivity contribution in [3.8, 4) is 0 Å². The van der Waals surface area contributed by atoms with Crippen molar-refractivity contribution in [3.63, 3.8) is 0 Å². The molecule has 2 aliphatic heterocycles. The van der Waals surface area contributed by atoms with Gasteiger partial charge in [-0.1, -0.05) is 36.4 Å². The van der Waals surface area contributed by atoms with Gasteiger partial charge in [-0.05, 0) is 67.5 Å². The summed E-state index contributed by atoms with van der Waals surface area (Å²) in [7, 11) is -2.39. The van der Waals surface area contributed by atoms with Crippen molar-refractivity contribution in [1.82, 2.24) is 9.21 Å². The lowest BCUT2D eigenvalue weighted by atomic mass is 9.99. The average Bonchev–Trinajstić information content (AvgIpc) is 3.66. The van der Waals surface area contributed by atoms with Crippen LogP contribution in [0.1, 0.15) is 37.3 Å². The second-order valence-electron chi connectivity index (χ2n) is 9.77. The van der Waals surface area contributed by atoms with Crippen molar-refractivity contribution >= 4 is 33.1 Å². The van der Waals surface area contributed by atoms with Crippen LogP contribution in [0.5, 0.6) is 0 Å². The lowest BCUT2D eigenvalue weighted by Gasteiger charge is -2.28. The molecule has 2 aromatic carbocycles. The summed E-state index contributed by atoms with van der Waals surface area (Å²) in [6, 6.07) is 15.1. The van der Waals surface area contributed by atoms with E-state index in [1.165, 1.54) is 12.6 Å². The third-order valence-electron chi connectivity index (χ3n) is 7.20. The molecule has 2 amide bonds. The SMILES string of the molecule is CC1Cc2cc(S(=O)(=O)N(C)CC(=O)N3CC=C(c4ccccc4)CC3)ccc2N1C(=O)C1CC1. The zero-order valence-electron chi connectivity index (χ0n) is 20.2. The molecule has 0 radical (unpaired) electrons. The van der Waals surface area contributed by atoms with Crippen LogP contribution in [0.15, 0.2) is 59.5 Å². The molecule has 3 aliphatic rings. The Morgan fingerprint density at radius 2 is 1.83 bits per heavy atom. The number of sulfonamides is 1. The van der Waals surface area contributed by atoms with Crippen molar-refractivity contribution in [2.45, 2.75) is 43.5 Å². The van der Waals surface area contributed by atoms with Gasteiger partial charge in [-0.25, -0.2) is 8.42 Å². The maximum atomic E-state index is 13.3. The van der Waals surface area contributed by atoms with E-state index in [1.54, 1.807) is 23.1 Å². The minimum Gasteiger partial charge on any atom is -0.337 e. The summed E-state index contributed by atoms with van der Waals surface area (Å²) in [5.74, 6) is 0.0355. The van der Waals surface area contributed by atoms with E-state index in [0.717, 1.165) is 40.4 Å². The first-order chi connectivity index (χ1) is 16.8. The number of hydrogen-bond acceptors (Lipinski definition) is 4. The fraction of sp³-hybridized carbons (Fsp3) is 0.407. The molecule has 2 heterocycles. The average molecular weight is 494 g/mol. The maximum absolute atomic E-state index is 13.3. The molecule has 0 spiro atoms. The number of nitrogens with zero attached hydrogens (tertiary/aromatic N) is 3. The van der Waals surface area contributed by atoms with E-state index in [0.29, 0.717) is 19.5 Å². The second kappa shape index (κ2) is 9.24. The van der Waals surface area contributed by atoms with Crippen molar-refractivity contribution in [2.24, 2.45) is 5.92 Å². The molecule has 2 aromatic rings. The second-order valence-corrected chi connectivity index (χ2v) is 11.8. The molecule has 0 N–H and O–H groups in total. The Bertz CT molecular complexity index is 1280. The fourth-order valence-electron chi connectivity index (χ4n) is 5.00. The minimum absolute atomic E-state index is 0.0169. The van der Waals surface area contributed by atoms with E-state index < -0.39 is 10.0 Å². The third kappa shape index (κ3) is 4.65. The Hall–Kier alpha value is -2.97. The van der Waals surface area contributed by atoms with E-state index in [1.807, 2.05) is 36.1 Å². The molecule has 1 saturated carbocycles. The van der Waals surface area contributed by atoms with Gasteiger partial charge in [0.2, 0.25) is 21.8 Å². The first-order valence-corrected chi connectivity index (χ1v) is 13.6. The van der Waals surface area contributed by atoms with E-state index in [4.69, 9.17) is 0 Å². The van der Waals surface area contributed by atoms with Gasteiger partial charge in [-0.15, -0.1) is 0 Å². The molecule has 7 nitrogen and oxygen atoms in total. The quantitative estimate of drug-likeness (QED) is 0.619. The lowest BCUT2D eigenvalue weighted by molar-refractivity contribution is -0.130. The first-order valence-electron chi connectivity index (χ1n) is 12.2. The zero-order valence-corrected chi connectivity index (χ0v) is 21.0. The summed E-state index contributed by atoms with van der Waals surface area (Å²) in [4.78, 5) is 29.3. The maximum Gasteiger partial charge on any atom is 0.243 e. The number of benzene rings is 2. The number of rotatable bonds is 6.